The highest BCUT2D eigenvalue weighted by molar-refractivity contribution is 5.38. The predicted molar refractivity (Wildman–Crippen MR) is 83.3 cm³/mol. The molecule has 1 saturated carbocycles. The number of nitrogens with one attached hydrogen (secondary N) is 1. The normalized spacial score (nSPS) is 24.1. The van der Waals surface area contributed by atoms with Crippen LogP contribution in [0.2, 0.25) is 0 Å². The van der Waals surface area contributed by atoms with Crippen LogP contribution in [0.25, 0.3) is 0 Å². The second kappa shape index (κ2) is 6.62. The zero-order valence-electron chi connectivity index (χ0n) is 12.6. The number of hydrogen-bond donors (Lipinski definition) is 1. The van der Waals surface area contributed by atoms with Gasteiger partial charge in [-0.3, -0.25) is 0 Å². The molecular formula is C18H27NO. The van der Waals surface area contributed by atoms with Crippen molar-refractivity contribution < 1.29 is 4.74 Å². The molecule has 2 atom stereocenters. The number of benzene rings is 1. The maximum absolute atomic E-state index is 5.84. The summed E-state index contributed by atoms with van der Waals surface area (Å²) in [4.78, 5) is 0. The predicted octanol–water partition coefficient (Wildman–Crippen LogP) is 4.11. The van der Waals surface area contributed by atoms with E-state index in [0.29, 0.717) is 12.0 Å². The Balaban J connectivity index is 1.83. The van der Waals surface area contributed by atoms with Gasteiger partial charge in [0.05, 0.1) is 6.61 Å². The molecule has 2 heteroatoms. The monoisotopic (exact) mass is 273 g/mol. The largest absolute Gasteiger partial charge is 0.493 e. The molecule has 0 aromatic heterocycles. The van der Waals surface area contributed by atoms with Crippen LogP contribution in [0.15, 0.2) is 24.3 Å². The Kier molecular flexibility index (Phi) is 4.62. The first-order valence-electron chi connectivity index (χ1n) is 8.35. The molecule has 1 aromatic carbocycles. The second-order valence-electron chi connectivity index (χ2n) is 6.31. The lowest BCUT2D eigenvalue weighted by Crippen LogP contribution is -2.42. The highest BCUT2D eigenvalue weighted by Gasteiger charge is 2.34. The van der Waals surface area contributed by atoms with Crippen LogP contribution in [0.3, 0.4) is 0 Å². The Morgan fingerprint density at radius 2 is 2.00 bits per heavy atom. The summed E-state index contributed by atoms with van der Waals surface area (Å²) in [5, 5.41) is 3.87. The van der Waals surface area contributed by atoms with Gasteiger partial charge < -0.3 is 10.1 Å². The Morgan fingerprint density at radius 3 is 2.80 bits per heavy atom. The summed E-state index contributed by atoms with van der Waals surface area (Å²) in [5.74, 6) is 2.61. The first-order chi connectivity index (χ1) is 9.90. The number of fused-ring (bicyclic) bond motifs is 1. The van der Waals surface area contributed by atoms with E-state index in [1.165, 1.54) is 37.7 Å². The zero-order chi connectivity index (χ0) is 13.8. The van der Waals surface area contributed by atoms with Crippen molar-refractivity contribution in [2.75, 3.05) is 13.2 Å². The molecule has 1 heterocycles. The van der Waals surface area contributed by atoms with Crippen LogP contribution >= 0.6 is 0 Å². The third kappa shape index (κ3) is 2.85. The molecule has 1 N–H and O–H groups in total. The van der Waals surface area contributed by atoms with Gasteiger partial charge in [0.25, 0.3) is 0 Å². The molecule has 1 aromatic rings. The fraction of sp³-hybridized carbons (Fsp3) is 0.667. The molecule has 0 bridgehead atoms. The first kappa shape index (κ1) is 13.9. The van der Waals surface area contributed by atoms with Crippen LogP contribution in [0, 0.1) is 5.92 Å². The van der Waals surface area contributed by atoms with Gasteiger partial charge in [-0.25, -0.2) is 0 Å². The van der Waals surface area contributed by atoms with Crippen LogP contribution in [0.4, 0.5) is 0 Å². The van der Waals surface area contributed by atoms with Gasteiger partial charge in [0.15, 0.2) is 0 Å². The molecule has 2 unspecified atom stereocenters. The van der Waals surface area contributed by atoms with Crippen molar-refractivity contribution in [1.29, 1.82) is 0 Å². The summed E-state index contributed by atoms with van der Waals surface area (Å²) in [6.45, 7) is 4.27. The average molecular weight is 273 g/mol. The van der Waals surface area contributed by atoms with Gasteiger partial charge in [0.1, 0.15) is 5.75 Å². The van der Waals surface area contributed by atoms with E-state index in [4.69, 9.17) is 4.74 Å². The quantitative estimate of drug-likeness (QED) is 0.871. The van der Waals surface area contributed by atoms with Crippen molar-refractivity contribution in [3.05, 3.63) is 29.8 Å². The molecule has 0 amide bonds. The van der Waals surface area contributed by atoms with E-state index in [1.807, 2.05) is 0 Å². The zero-order valence-corrected chi connectivity index (χ0v) is 12.6. The molecule has 3 rings (SSSR count). The van der Waals surface area contributed by atoms with E-state index >= 15 is 0 Å². The fourth-order valence-electron chi connectivity index (χ4n) is 4.01. The van der Waals surface area contributed by atoms with Crippen molar-refractivity contribution in [1.82, 2.24) is 5.32 Å². The van der Waals surface area contributed by atoms with Crippen molar-refractivity contribution in [2.24, 2.45) is 5.92 Å². The maximum atomic E-state index is 5.84. The van der Waals surface area contributed by atoms with Crippen LogP contribution in [-0.4, -0.2) is 19.2 Å². The fourth-order valence-corrected chi connectivity index (χ4v) is 4.01. The summed E-state index contributed by atoms with van der Waals surface area (Å²) in [5.41, 5.74) is 1.43. The van der Waals surface area contributed by atoms with E-state index in [1.54, 1.807) is 0 Å². The summed E-state index contributed by atoms with van der Waals surface area (Å²) in [6.07, 6.45) is 8.02. The minimum Gasteiger partial charge on any atom is -0.493 e. The van der Waals surface area contributed by atoms with Crippen molar-refractivity contribution in [3.8, 4) is 5.75 Å². The third-order valence-corrected chi connectivity index (χ3v) is 4.98. The molecule has 1 aliphatic heterocycles. The average Bonchev–Trinajstić information content (AvgIpc) is 3.02. The number of hydrogen-bond acceptors (Lipinski definition) is 2. The van der Waals surface area contributed by atoms with Gasteiger partial charge in [-0.05, 0) is 49.8 Å². The molecule has 20 heavy (non-hydrogen) atoms. The lowest BCUT2D eigenvalue weighted by Gasteiger charge is -2.36. The van der Waals surface area contributed by atoms with E-state index in [2.05, 4.69) is 36.5 Å². The smallest absolute Gasteiger partial charge is 0.122 e. The summed E-state index contributed by atoms with van der Waals surface area (Å²) >= 11 is 0. The Hall–Kier alpha value is -1.02. The standard InChI is InChI=1S/C18H27NO/c1-2-12-19-18(14-7-3-4-8-14)16-11-13-20-17-10-6-5-9-15(16)17/h5-6,9-10,14,16,18-19H,2-4,7-8,11-13H2,1H3. The molecule has 110 valence electrons. The Labute approximate surface area is 122 Å². The summed E-state index contributed by atoms with van der Waals surface area (Å²) in [6, 6.07) is 9.29. The van der Waals surface area contributed by atoms with Crippen LogP contribution in [-0.2, 0) is 0 Å². The third-order valence-electron chi connectivity index (χ3n) is 4.98. The van der Waals surface area contributed by atoms with Crippen molar-refractivity contribution in [2.45, 2.75) is 57.4 Å². The molecule has 0 spiro atoms. The van der Waals surface area contributed by atoms with Crippen LogP contribution in [0.1, 0.15) is 56.9 Å². The second-order valence-corrected chi connectivity index (χ2v) is 6.31. The molecular weight excluding hydrogens is 246 g/mol. The van der Waals surface area contributed by atoms with Crippen LogP contribution in [0.5, 0.6) is 5.75 Å². The van der Waals surface area contributed by atoms with Crippen LogP contribution < -0.4 is 10.1 Å². The van der Waals surface area contributed by atoms with E-state index in [-0.39, 0.29) is 0 Å². The van der Waals surface area contributed by atoms with Gasteiger partial charge in [0, 0.05) is 12.0 Å². The lowest BCUT2D eigenvalue weighted by atomic mass is 9.79. The van der Waals surface area contributed by atoms with Gasteiger partial charge in [0.2, 0.25) is 0 Å². The number of rotatable bonds is 5. The Morgan fingerprint density at radius 1 is 1.20 bits per heavy atom. The minimum absolute atomic E-state index is 0.634. The Bertz CT molecular complexity index is 425. The minimum atomic E-state index is 0.634. The van der Waals surface area contributed by atoms with E-state index < -0.39 is 0 Å². The maximum Gasteiger partial charge on any atom is 0.122 e. The van der Waals surface area contributed by atoms with Gasteiger partial charge >= 0.3 is 0 Å². The molecule has 2 aliphatic rings. The summed E-state index contributed by atoms with van der Waals surface area (Å²) < 4.78 is 5.84. The van der Waals surface area contributed by atoms with Gasteiger partial charge in [-0.2, -0.15) is 0 Å². The number of ether oxygens (including phenoxy) is 1. The highest BCUT2D eigenvalue weighted by atomic mass is 16.5. The molecule has 1 aliphatic carbocycles. The molecule has 0 radical (unpaired) electrons. The van der Waals surface area contributed by atoms with Gasteiger partial charge in [-0.15, -0.1) is 0 Å². The van der Waals surface area contributed by atoms with Crippen molar-refractivity contribution in [3.63, 3.8) is 0 Å². The van der Waals surface area contributed by atoms with E-state index in [9.17, 15) is 0 Å². The summed E-state index contributed by atoms with van der Waals surface area (Å²) in [7, 11) is 0. The molecule has 1 fully saturated rings. The topological polar surface area (TPSA) is 21.3 Å². The SMILES string of the molecule is CCCNC(C1CCCC1)C1CCOc2ccccc21. The first-order valence-corrected chi connectivity index (χ1v) is 8.35. The van der Waals surface area contributed by atoms with Crippen molar-refractivity contribution >= 4 is 0 Å². The molecule has 2 nitrogen and oxygen atoms in total. The highest BCUT2D eigenvalue weighted by Crippen LogP contribution is 2.41. The van der Waals surface area contributed by atoms with Gasteiger partial charge in [-0.1, -0.05) is 38.0 Å². The van der Waals surface area contributed by atoms with E-state index in [0.717, 1.165) is 31.2 Å². The number of para-hydroxylation sites is 1. The lowest BCUT2D eigenvalue weighted by molar-refractivity contribution is 0.218. The molecule has 0 saturated heterocycles.